The van der Waals surface area contributed by atoms with Gasteiger partial charge in [0.05, 0.1) is 17.9 Å². The number of piperidine rings is 1. The van der Waals surface area contributed by atoms with E-state index in [1.165, 1.54) is 6.07 Å². The van der Waals surface area contributed by atoms with Crippen molar-refractivity contribution in [2.24, 2.45) is 10.3 Å². The highest BCUT2D eigenvalue weighted by molar-refractivity contribution is 7.92. The molecule has 1 fully saturated rings. The summed E-state index contributed by atoms with van der Waals surface area (Å²) in [6.45, 7) is 2.72. The van der Waals surface area contributed by atoms with E-state index < -0.39 is 20.0 Å². The minimum atomic E-state index is -3.72. The van der Waals surface area contributed by atoms with Gasteiger partial charge >= 0.3 is 0 Å². The van der Waals surface area contributed by atoms with Crippen LogP contribution >= 0.6 is 0 Å². The molecule has 0 aromatic heterocycles. The summed E-state index contributed by atoms with van der Waals surface area (Å²) in [7, 11) is -7.17. The molecule has 0 aliphatic carbocycles. The molecule has 2 heterocycles. The van der Waals surface area contributed by atoms with Crippen molar-refractivity contribution in [1.82, 2.24) is 4.90 Å². The van der Waals surface area contributed by atoms with Gasteiger partial charge in [-0.15, -0.1) is 4.40 Å². The van der Waals surface area contributed by atoms with Gasteiger partial charge < -0.3 is 10.2 Å². The minimum absolute atomic E-state index is 0.187. The number of likely N-dealkylation sites (tertiary alicyclic amines) is 1. The second-order valence-electron chi connectivity index (χ2n) is 8.06. The Labute approximate surface area is 187 Å². The van der Waals surface area contributed by atoms with Gasteiger partial charge in [0.25, 0.3) is 10.0 Å². The first kappa shape index (κ1) is 22.3. The fraction of sp³-hybridized carbons (Fsp3) is 0.333. The maximum atomic E-state index is 12.9. The first-order valence-electron chi connectivity index (χ1n) is 10.1. The number of rotatable bonds is 4. The number of nitrogens with one attached hydrogen (secondary N) is 2. The second-order valence-corrected chi connectivity index (χ2v) is 11.4. The zero-order valence-corrected chi connectivity index (χ0v) is 19.3. The molecule has 0 spiro atoms. The van der Waals surface area contributed by atoms with Crippen molar-refractivity contribution in [3.05, 3.63) is 53.6 Å². The van der Waals surface area contributed by atoms with Gasteiger partial charge in [-0.3, -0.25) is 9.52 Å². The quantitative estimate of drug-likeness (QED) is 0.697. The van der Waals surface area contributed by atoms with Crippen LogP contribution in [0.5, 0.6) is 0 Å². The lowest BCUT2D eigenvalue weighted by atomic mass is 9.96. The Balaban J connectivity index is 1.50. The summed E-state index contributed by atoms with van der Waals surface area (Å²) in [6.07, 6.45) is 2.44. The number of benzene rings is 2. The molecule has 2 aliphatic heterocycles. The van der Waals surface area contributed by atoms with Crippen LogP contribution in [0.4, 0.5) is 11.4 Å². The van der Waals surface area contributed by atoms with Gasteiger partial charge in [0.1, 0.15) is 4.90 Å². The highest BCUT2D eigenvalue weighted by atomic mass is 32.2. The highest BCUT2D eigenvalue weighted by Gasteiger charge is 2.35. The molecule has 2 aromatic carbocycles. The Morgan fingerprint density at radius 2 is 1.94 bits per heavy atom. The summed E-state index contributed by atoms with van der Waals surface area (Å²) >= 11 is 0. The van der Waals surface area contributed by atoms with E-state index in [0.29, 0.717) is 48.7 Å². The van der Waals surface area contributed by atoms with Crippen molar-refractivity contribution in [1.29, 1.82) is 0 Å². The lowest BCUT2D eigenvalue weighted by Crippen LogP contribution is -2.43. The normalized spacial score (nSPS) is 19.8. The number of amides is 1. The van der Waals surface area contributed by atoms with E-state index in [2.05, 4.69) is 14.4 Å². The van der Waals surface area contributed by atoms with Crippen LogP contribution in [0.3, 0.4) is 0 Å². The van der Waals surface area contributed by atoms with E-state index in [4.69, 9.17) is 0 Å². The van der Waals surface area contributed by atoms with Crippen molar-refractivity contribution in [3.8, 4) is 0 Å². The molecule has 2 aliphatic rings. The Kier molecular flexibility index (Phi) is 5.72. The molecular weight excluding hydrogens is 452 g/mol. The van der Waals surface area contributed by atoms with Crippen molar-refractivity contribution >= 4 is 43.2 Å². The molecule has 1 saturated heterocycles. The maximum absolute atomic E-state index is 12.9. The van der Waals surface area contributed by atoms with E-state index >= 15 is 0 Å². The van der Waals surface area contributed by atoms with Crippen LogP contribution in [0, 0.1) is 12.8 Å². The number of nitrogens with zero attached hydrogens (tertiary/aromatic N) is 2. The molecule has 1 atom stereocenters. The molecular formula is C21H24N4O5S2. The molecule has 0 radical (unpaired) electrons. The summed E-state index contributed by atoms with van der Waals surface area (Å²) in [4.78, 5) is 15.0. The van der Waals surface area contributed by atoms with E-state index in [9.17, 15) is 21.6 Å². The summed E-state index contributed by atoms with van der Waals surface area (Å²) in [5.41, 5.74) is 2.17. The maximum Gasteiger partial charge on any atom is 0.285 e. The van der Waals surface area contributed by atoms with Crippen LogP contribution in [-0.2, 0) is 24.8 Å². The third kappa shape index (κ3) is 4.63. The van der Waals surface area contributed by atoms with Gasteiger partial charge in [-0.05, 0) is 49.6 Å². The number of aryl methyl sites for hydroxylation is 1. The summed E-state index contributed by atoms with van der Waals surface area (Å²) < 4.78 is 54.3. The molecule has 0 bridgehead atoms. The molecule has 2 N–H and O–H groups in total. The van der Waals surface area contributed by atoms with Gasteiger partial charge in [-0.2, -0.15) is 8.42 Å². The molecule has 1 amide bonds. The predicted molar refractivity (Wildman–Crippen MR) is 123 cm³/mol. The number of carbonyl (C=O) groups excluding carboxylic acids is 1. The van der Waals surface area contributed by atoms with E-state index in [-0.39, 0.29) is 16.7 Å². The Morgan fingerprint density at radius 3 is 2.69 bits per heavy atom. The Hall–Kier alpha value is -2.92. The van der Waals surface area contributed by atoms with Gasteiger partial charge in [-0.25, -0.2) is 8.42 Å². The average Bonchev–Trinajstić information content (AvgIpc) is 3.01. The third-order valence-corrected chi connectivity index (χ3v) is 7.42. The number of anilines is 2. The molecule has 0 saturated carbocycles. The van der Waals surface area contributed by atoms with Crippen LogP contribution in [-0.4, -0.2) is 52.8 Å². The first-order chi connectivity index (χ1) is 15.0. The first-order valence-corrected chi connectivity index (χ1v) is 13.5. The smallest absolute Gasteiger partial charge is 0.285 e. The summed E-state index contributed by atoms with van der Waals surface area (Å²) in [6, 6.07) is 11.7. The van der Waals surface area contributed by atoms with Crippen molar-refractivity contribution in [3.63, 3.8) is 0 Å². The lowest BCUT2D eigenvalue weighted by Gasteiger charge is -2.33. The van der Waals surface area contributed by atoms with E-state index in [0.717, 1.165) is 11.8 Å². The van der Waals surface area contributed by atoms with E-state index in [1.54, 1.807) is 43.3 Å². The minimum Gasteiger partial charge on any atom is -0.355 e. The van der Waals surface area contributed by atoms with Crippen LogP contribution in [0.25, 0.3) is 0 Å². The fourth-order valence-electron chi connectivity index (χ4n) is 3.95. The number of fused-ring (bicyclic) bond motifs is 1. The van der Waals surface area contributed by atoms with Crippen LogP contribution in [0.1, 0.15) is 24.0 Å². The zero-order chi connectivity index (χ0) is 23.1. The van der Waals surface area contributed by atoms with E-state index in [1.807, 2.05) is 4.90 Å². The average molecular weight is 477 g/mol. The number of hydrogen-bond donors (Lipinski definition) is 2. The molecule has 9 nitrogen and oxygen atoms in total. The molecule has 4 rings (SSSR count). The third-order valence-electron chi connectivity index (χ3n) is 5.50. The summed E-state index contributed by atoms with van der Waals surface area (Å²) in [5.74, 6) is -0.193. The zero-order valence-electron chi connectivity index (χ0n) is 17.7. The van der Waals surface area contributed by atoms with Gasteiger partial charge in [0, 0.05) is 24.3 Å². The molecule has 32 heavy (non-hydrogen) atoms. The number of sulfonamides is 2. The highest BCUT2D eigenvalue weighted by Crippen LogP contribution is 2.30. The molecule has 1 unspecified atom stereocenters. The molecule has 170 valence electrons. The monoisotopic (exact) mass is 476 g/mol. The SMILES string of the molecule is Cc1ccc(NC(=O)C2CCCN(C3=NS(=O)(=O)c4ccccc43)C2)cc1NS(C)(=O)=O. The van der Waals surface area contributed by atoms with Gasteiger partial charge in [-0.1, -0.05) is 18.2 Å². The predicted octanol–water partition coefficient (Wildman–Crippen LogP) is 2.17. The Morgan fingerprint density at radius 1 is 1.19 bits per heavy atom. The standard InChI is InChI=1S/C21H24N4O5S2/c1-14-9-10-16(12-18(14)23-31(2,27)28)22-21(26)15-6-5-11-25(13-15)20-17-7-3-4-8-19(17)32(29,30)24-20/h3-4,7-10,12,15,23H,5-6,11,13H2,1-2H3,(H,22,26). The second kappa shape index (κ2) is 8.21. The lowest BCUT2D eigenvalue weighted by molar-refractivity contribution is -0.121. The van der Waals surface area contributed by atoms with Crippen LogP contribution < -0.4 is 10.0 Å². The van der Waals surface area contributed by atoms with Crippen molar-refractivity contribution in [2.75, 3.05) is 29.4 Å². The summed E-state index contributed by atoms with van der Waals surface area (Å²) in [5, 5.41) is 2.85. The number of amidine groups is 1. The van der Waals surface area contributed by atoms with Crippen molar-refractivity contribution < 1.29 is 21.6 Å². The largest absolute Gasteiger partial charge is 0.355 e. The van der Waals surface area contributed by atoms with Crippen LogP contribution in [0.15, 0.2) is 51.8 Å². The number of carbonyl (C=O) groups is 1. The molecule has 2 aromatic rings. The number of hydrogen-bond acceptors (Lipinski definition) is 6. The van der Waals surface area contributed by atoms with Crippen molar-refractivity contribution in [2.45, 2.75) is 24.7 Å². The Bertz CT molecular complexity index is 1320. The van der Waals surface area contributed by atoms with Crippen LogP contribution in [0.2, 0.25) is 0 Å². The fourth-order valence-corrected chi connectivity index (χ4v) is 5.80. The van der Waals surface area contributed by atoms with Gasteiger partial charge in [0.15, 0.2) is 5.84 Å². The topological polar surface area (TPSA) is 125 Å². The van der Waals surface area contributed by atoms with Gasteiger partial charge in [0.2, 0.25) is 15.9 Å². The molecule has 11 heteroatoms.